The minimum absolute atomic E-state index is 0.529. The summed E-state index contributed by atoms with van der Waals surface area (Å²) in [5.74, 6) is 0.924. The number of pyridine rings is 1. The molecule has 1 aromatic carbocycles. The van der Waals surface area contributed by atoms with Gasteiger partial charge in [0.1, 0.15) is 5.82 Å². The Kier molecular flexibility index (Phi) is 4.20. The normalized spacial score (nSPS) is 11.0. The van der Waals surface area contributed by atoms with E-state index in [1.54, 1.807) is 12.3 Å². The molecule has 0 saturated carbocycles. The highest BCUT2D eigenvalue weighted by Gasteiger charge is 2.14. The van der Waals surface area contributed by atoms with Gasteiger partial charge >= 0.3 is 0 Å². The molecule has 0 unspecified atom stereocenters. The number of para-hydroxylation sites is 2. The van der Waals surface area contributed by atoms with Crippen molar-refractivity contribution in [3.05, 3.63) is 60.8 Å². The average molecular weight is 342 g/mol. The van der Waals surface area contributed by atoms with E-state index in [2.05, 4.69) is 33.4 Å². The topological polar surface area (TPSA) is 72.3 Å². The molecule has 0 bridgehead atoms. The molecule has 0 aliphatic rings. The molecule has 6 nitrogen and oxygen atoms in total. The van der Waals surface area contributed by atoms with Crippen LogP contribution in [0.1, 0.15) is 24.4 Å². The summed E-state index contributed by atoms with van der Waals surface area (Å²) in [4.78, 5) is 9.03. The number of nitriles is 1. The van der Waals surface area contributed by atoms with Crippen LogP contribution < -0.4 is 0 Å². The molecule has 0 amide bonds. The van der Waals surface area contributed by atoms with Gasteiger partial charge < -0.3 is 4.57 Å². The fraction of sp³-hybridized carbons (Fsp3) is 0.200. The molecule has 3 heterocycles. The van der Waals surface area contributed by atoms with Gasteiger partial charge in [-0.3, -0.25) is 9.67 Å². The van der Waals surface area contributed by atoms with Gasteiger partial charge in [-0.2, -0.15) is 10.4 Å². The summed E-state index contributed by atoms with van der Waals surface area (Å²) < 4.78 is 4.10. The highest BCUT2D eigenvalue weighted by molar-refractivity contribution is 5.86. The lowest BCUT2D eigenvalue weighted by molar-refractivity contribution is 0.592. The van der Waals surface area contributed by atoms with Crippen molar-refractivity contribution < 1.29 is 0 Å². The number of benzene rings is 1. The Bertz CT molecular complexity index is 1130. The maximum absolute atomic E-state index is 8.86. The van der Waals surface area contributed by atoms with Crippen molar-refractivity contribution in [2.45, 2.75) is 25.9 Å². The predicted molar refractivity (Wildman–Crippen MR) is 101 cm³/mol. The lowest BCUT2D eigenvalue weighted by atomic mass is 10.2. The molecule has 0 atom stereocenters. The van der Waals surface area contributed by atoms with E-state index in [1.165, 1.54) is 0 Å². The van der Waals surface area contributed by atoms with Crippen molar-refractivity contribution in [3.63, 3.8) is 0 Å². The maximum atomic E-state index is 8.86. The standard InChI is InChI=1S/C20H18N6/c1-2-16-15-9-11-22-13-19(15)26(24-16)14-20-23-17-7-3-4-8-18(17)25(20)12-6-5-10-21/h2-4,7-9,11,13H,1,5-6,12,14H2. The predicted octanol–water partition coefficient (Wildman–Crippen LogP) is 3.78. The zero-order chi connectivity index (χ0) is 17.9. The molecule has 0 spiro atoms. The fourth-order valence-corrected chi connectivity index (χ4v) is 3.26. The molecule has 0 radical (unpaired) electrons. The zero-order valence-corrected chi connectivity index (χ0v) is 14.3. The number of aromatic nitrogens is 5. The lowest BCUT2D eigenvalue weighted by Gasteiger charge is -2.09. The summed E-state index contributed by atoms with van der Waals surface area (Å²) in [7, 11) is 0. The Hall–Kier alpha value is -3.46. The van der Waals surface area contributed by atoms with E-state index >= 15 is 0 Å². The zero-order valence-electron chi connectivity index (χ0n) is 14.3. The van der Waals surface area contributed by atoms with Crippen molar-refractivity contribution in [2.24, 2.45) is 0 Å². The minimum atomic E-state index is 0.529. The first kappa shape index (κ1) is 16.0. The van der Waals surface area contributed by atoms with Gasteiger partial charge in [-0.1, -0.05) is 18.7 Å². The molecule has 26 heavy (non-hydrogen) atoms. The van der Waals surface area contributed by atoms with Gasteiger partial charge in [0.15, 0.2) is 0 Å². The summed E-state index contributed by atoms with van der Waals surface area (Å²) in [6, 6.07) is 12.2. The van der Waals surface area contributed by atoms with Crippen LogP contribution in [0.3, 0.4) is 0 Å². The van der Waals surface area contributed by atoms with E-state index in [0.29, 0.717) is 13.0 Å². The second-order valence-corrected chi connectivity index (χ2v) is 6.07. The first-order valence-electron chi connectivity index (χ1n) is 8.56. The van der Waals surface area contributed by atoms with Crippen LogP contribution in [0.25, 0.3) is 28.0 Å². The van der Waals surface area contributed by atoms with E-state index in [0.717, 1.165) is 46.4 Å². The second-order valence-electron chi connectivity index (χ2n) is 6.07. The number of aryl methyl sites for hydroxylation is 1. The first-order chi connectivity index (χ1) is 12.8. The summed E-state index contributed by atoms with van der Waals surface area (Å²) in [6.45, 7) is 5.15. The van der Waals surface area contributed by atoms with Crippen molar-refractivity contribution in [2.75, 3.05) is 0 Å². The Balaban J connectivity index is 1.79. The van der Waals surface area contributed by atoms with Crippen LogP contribution in [0, 0.1) is 11.3 Å². The van der Waals surface area contributed by atoms with Crippen LogP contribution in [0.4, 0.5) is 0 Å². The number of unbranched alkanes of at least 4 members (excludes halogenated alkanes) is 1. The summed E-state index contributed by atoms with van der Waals surface area (Å²) >= 11 is 0. The molecule has 0 fully saturated rings. The van der Waals surface area contributed by atoms with Crippen molar-refractivity contribution in [3.8, 4) is 6.07 Å². The third kappa shape index (κ3) is 2.74. The molecule has 4 rings (SSSR count). The quantitative estimate of drug-likeness (QED) is 0.500. The summed E-state index contributed by atoms with van der Waals surface area (Å²) in [5.41, 5.74) is 3.84. The number of rotatable bonds is 6. The second kappa shape index (κ2) is 6.81. The molecule has 0 N–H and O–H groups in total. The van der Waals surface area contributed by atoms with Crippen molar-refractivity contribution in [1.82, 2.24) is 24.3 Å². The van der Waals surface area contributed by atoms with E-state index in [-0.39, 0.29) is 0 Å². The van der Waals surface area contributed by atoms with E-state index in [1.807, 2.05) is 35.1 Å². The van der Waals surface area contributed by atoms with Gasteiger partial charge in [0.05, 0.1) is 41.1 Å². The van der Waals surface area contributed by atoms with Gasteiger partial charge in [-0.15, -0.1) is 0 Å². The van der Waals surface area contributed by atoms with Crippen LogP contribution in [0.5, 0.6) is 0 Å². The summed E-state index contributed by atoms with van der Waals surface area (Å²) in [6.07, 6.45) is 6.66. The molecule has 0 aliphatic heterocycles. The van der Waals surface area contributed by atoms with Gasteiger partial charge in [0.25, 0.3) is 0 Å². The van der Waals surface area contributed by atoms with Gasteiger partial charge in [0.2, 0.25) is 0 Å². The number of nitrogens with zero attached hydrogens (tertiary/aromatic N) is 6. The largest absolute Gasteiger partial charge is 0.326 e. The molecule has 128 valence electrons. The number of hydrogen-bond donors (Lipinski definition) is 0. The lowest BCUT2D eigenvalue weighted by Crippen LogP contribution is -2.10. The van der Waals surface area contributed by atoms with Crippen LogP contribution in [-0.2, 0) is 13.1 Å². The summed E-state index contributed by atoms with van der Waals surface area (Å²) in [5, 5.41) is 14.5. The van der Waals surface area contributed by atoms with Gasteiger partial charge in [-0.25, -0.2) is 4.98 Å². The number of imidazole rings is 1. The Morgan fingerprint density at radius 2 is 2.08 bits per heavy atom. The highest BCUT2D eigenvalue weighted by Crippen LogP contribution is 2.22. The van der Waals surface area contributed by atoms with Crippen LogP contribution in [0.2, 0.25) is 0 Å². The van der Waals surface area contributed by atoms with E-state index in [4.69, 9.17) is 10.2 Å². The number of fused-ring (bicyclic) bond motifs is 2. The molecular formula is C20H18N6. The maximum Gasteiger partial charge on any atom is 0.131 e. The Morgan fingerprint density at radius 3 is 2.92 bits per heavy atom. The third-order valence-corrected chi connectivity index (χ3v) is 4.47. The third-order valence-electron chi connectivity index (χ3n) is 4.47. The van der Waals surface area contributed by atoms with Crippen LogP contribution in [-0.4, -0.2) is 24.3 Å². The van der Waals surface area contributed by atoms with Crippen LogP contribution >= 0.6 is 0 Å². The molecule has 0 aliphatic carbocycles. The van der Waals surface area contributed by atoms with Crippen molar-refractivity contribution in [1.29, 1.82) is 5.26 Å². The first-order valence-corrected chi connectivity index (χ1v) is 8.56. The average Bonchev–Trinajstić information content (AvgIpc) is 3.21. The Morgan fingerprint density at radius 1 is 1.19 bits per heavy atom. The van der Waals surface area contributed by atoms with Gasteiger partial charge in [-0.05, 0) is 30.7 Å². The number of hydrogen-bond acceptors (Lipinski definition) is 4. The SMILES string of the molecule is C=Cc1nn(Cc2nc3ccccc3n2CCCC#N)c2cnccc12. The molecule has 3 aromatic heterocycles. The Labute approximate surface area is 151 Å². The molecular weight excluding hydrogens is 324 g/mol. The van der Waals surface area contributed by atoms with E-state index in [9.17, 15) is 0 Å². The molecule has 4 aromatic rings. The highest BCUT2D eigenvalue weighted by atomic mass is 15.3. The molecule has 6 heteroatoms. The smallest absolute Gasteiger partial charge is 0.131 e. The van der Waals surface area contributed by atoms with Crippen LogP contribution in [0.15, 0.2) is 49.3 Å². The monoisotopic (exact) mass is 342 g/mol. The minimum Gasteiger partial charge on any atom is -0.326 e. The fourth-order valence-electron chi connectivity index (χ4n) is 3.26. The molecule has 0 saturated heterocycles. The van der Waals surface area contributed by atoms with Crippen molar-refractivity contribution >= 4 is 28.0 Å². The van der Waals surface area contributed by atoms with Gasteiger partial charge in [0, 0.05) is 24.5 Å². The van der Waals surface area contributed by atoms with E-state index < -0.39 is 0 Å².